The lowest BCUT2D eigenvalue weighted by atomic mass is 9.82. The molecule has 0 spiro atoms. The molecular weight excluding hydrogens is 228 g/mol. The molecule has 18 heavy (non-hydrogen) atoms. The molecule has 1 aliphatic carbocycles. The Bertz CT molecular complexity index is 344. The first kappa shape index (κ1) is 13.4. The average molecular weight is 252 g/mol. The number of amides is 3. The Morgan fingerprint density at radius 3 is 2.44 bits per heavy atom. The molecule has 0 bridgehead atoms. The van der Waals surface area contributed by atoms with Crippen LogP contribution in [-0.2, 0) is 4.79 Å². The van der Waals surface area contributed by atoms with Crippen LogP contribution in [0.25, 0.3) is 0 Å². The van der Waals surface area contributed by atoms with Gasteiger partial charge in [0.25, 0.3) is 0 Å². The van der Waals surface area contributed by atoms with Crippen molar-refractivity contribution in [2.24, 2.45) is 17.3 Å². The van der Waals surface area contributed by atoms with Crippen molar-refractivity contribution in [1.82, 2.24) is 10.2 Å². The van der Waals surface area contributed by atoms with Crippen LogP contribution in [0.3, 0.4) is 0 Å². The van der Waals surface area contributed by atoms with Crippen molar-refractivity contribution in [3.63, 3.8) is 0 Å². The molecule has 1 saturated carbocycles. The summed E-state index contributed by atoms with van der Waals surface area (Å²) in [4.78, 5) is 25.5. The highest BCUT2D eigenvalue weighted by molar-refractivity contribution is 5.99. The van der Waals surface area contributed by atoms with E-state index in [9.17, 15) is 9.59 Å². The maximum atomic E-state index is 12.3. The molecule has 2 fully saturated rings. The Labute approximate surface area is 109 Å². The normalized spacial score (nSPS) is 32.3. The fraction of sp³-hybridized carbons (Fsp3) is 0.857. The van der Waals surface area contributed by atoms with Gasteiger partial charge in [-0.1, -0.05) is 19.8 Å². The van der Waals surface area contributed by atoms with Crippen molar-refractivity contribution < 1.29 is 9.59 Å². The summed E-state index contributed by atoms with van der Waals surface area (Å²) in [6, 6.07) is -0.210. The molecule has 3 amide bonds. The van der Waals surface area contributed by atoms with Gasteiger partial charge in [-0.3, -0.25) is 9.69 Å². The van der Waals surface area contributed by atoms with E-state index >= 15 is 0 Å². The van der Waals surface area contributed by atoms with Gasteiger partial charge in [0.15, 0.2) is 0 Å². The van der Waals surface area contributed by atoms with Crippen LogP contribution in [0.15, 0.2) is 0 Å². The van der Waals surface area contributed by atoms with Crippen LogP contribution in [0, 0.1) is 17.3 Å². The lowest BCUT2D eigenvalue weighted by molar-refractivity contribution is -0.139. The van der Waals surface area contributed by atoms with Gasteiger partial charge in [0.2, 0.25) is 5.91 Å². The summed E-state index contributed by atoms with van der Waals surface area (Å²) < 4.78 is 0. The second kappa shape index (κ2) is 4.90. The number of hydrogen-bond donors (Lipinski definition) is 1. The van der Waals surface area contributed by atoms with E-state index in [2.05, 4.69) is 12.2 Å². The monoisotopic (exact) mass is 252 g/mol. The third-order valence-corrected chi connectivity index (χ3v) is 4.33. The maximum absolute atomic E-state index is 12.3. The first-order valence-corrected chi connectivity index (χ1v) is 7.00. The number of nitrogens with one attached hydrogen (secondary N) is 1. The van der Waals surface area contributed by atoms with E-state index < -0.39 is 5.41 Å². The molecule has 0 radical (unpaired) electrons. The molecule has 0 aromatic heterocycles. The van der Waals surface area contributed by atoms with Crippen LogP contribution < -0.4 is 5.32 Å². The van der Waals surface area contributed by atoms with E-state index in [4.69, 9.17) is 0 Å². The number of urea groups is 1. The third-order valence-electron chi connectivity index (χ3n) is 4.33. The van der Waals surface area contributed by atoms with Crippen LogP contribution in [0.1, 0.15) is 46.5 Å². The van der Waals surface area contributed by atoms with Crippen LogP contribution in [0.4, 0.5) is 4.79 Å². The lowest BCUT2D eigenvalue weighted by Crippen LogP contribution is -2.59. The van der Waals surface area contributed by atoms with Gasteiger partial charge in [0.1, 0.15) is 0 Å². The van der Waals surface area contributed by atoms with Crippen LogP contribution in [-0.4, -0.2) is 29.9 Å². The first-order valence-electron chi connectivity index (χ1n) is 7.00. The van der Waals surface area contributed by atoms with Crippen molar-refractivity contribution in [1.29, 1.82) is 0 Å². The molecule has 0 aromatic carbocycles. The summed E-state index contributed by atoms with van der Waals surface area (Å²) in [5.74, 6) is 1.26. The fourth-order valence-corrected chi connectivity index (χ4v) is 2.86. The van der Waals surface area contributed by atoms with Crippen molar-refractivity contribution >= 4 is 11.9 Å². The van der Waals surface area contributed by atoms with Crippen LogP contribution >= 0.6 is 0 Å². The minimum atomic E-state index is -0.462. The highest BCUT2D eigenvalue weighted by atomic mass is 16.2. The fourth-order valence-electron chi connectivity index (χ4n) is 2.86. The molecule has 0 aromatic rings. The standard InChI is InChI=1S/C14H24N2O2/c1-10-4-6-11(7-5-10)8-16-12(17)14(2,3)9-15-13(16)18/h10-11H,4-9H2,1-3H3,(H,15,18). The van der Waals surface area contributed by atoms with Crippen molar-refractivity contribution in [2.75, 3.05) is 13.1 Å². The quantitative estimate of drug-likeness (QED) is 0.820. The molecule has 2 aliphatic rings. The molecule has 102 valence electrons. The second-order valence-corrected chi connectivity index (χ2v) is 6.58. The van der Waals surface area contributed by atoms with Crippen molar-refractivity contribution in [3.05, 3.63) is 0 Å². The van der Waals surface area contributed by atoms with Crippen molar-refractivity contribution in [2.45, 2.75) is 46.5 Å². The molecule has 0 unspecified atom stereocenters. The van der Waals surface area contributed by atoms with Gasteiger partial charge in [-0.2, -0.15) is 0 Å². The maximum Gasteiger partial charge on any atom is 0.324 e. The number of hydrogen-bond acceptors (Lipinski definition) is 2. The smallest absolute Gasteiger partial charge is 0.324 e. The number of carbonyl (C=O) groups excluding carboxylic acids is 2. The van der Waals surface area contributed by atoms with Crippen LogP contribution in [0.5, 0.6) is 0 Å². The second-order valence-electron chi connectivity index (χ2n) is 6.58. The lowest BCUT2D eigenvalue weighted by Gasteiger charge is -2.38. The molecule has 0 atom stereocenters. The van der Waals surface area contributed by atoms with E-state index in [1.165, 1.54) is 17.7 Å². The van der Waals surface area contributed by atoms with Gasteiger partial charge in [-0.05, 0) is 38.5 Å². The van der Waals surface area contributed by atoms with E-state index in [0.29, 0.717) is 19.0 Å². The largest absolute Gasteiger partial charge is 0.337 e. The molecule has 1 saturated heterocycles. The predicted molar refractivity (Wildman–Crippen MR) is 70.0 cm³/mol. The van der Waals surface area contributed by atoms with Gasteiger partial charge in [-0.25, -0.2) is 4.79 Å². The highest BCUT2D eigenvalue weighted by Gasteiger charge is 2.40. The summed E-state index contributed by atoms with van der Waals surface area (Å²) >= 11 is 0. The average Bonchev–Trinajstić information content (AvgIpc) is 2.33. The van der Waals surface area contributed by atoms with Crippen LogP contribution in [0.2, 0.25) is 0 Å². The molecule has 1 N–H and O–H groups in total. The van der Waals surface area contributed by atoms with E-state index in [1.807, 2.05) is 13.8 Å². The van der Waals surface area contributed by atoms with Gasteiger partial charge in [-0.15, -0.1) is 0 Å². The van der Waals surface area contributed by atoms with Gasteiger partial charge in [0, 0.05) is 13.1 Å². The minimum absolute atomic E-state index is 0.0233. The SMILES string of the molecule is CC1CCC(CN2C(=O)NCC(C)(C)C2=O)CC1. The van der Waals surface area contributed by atoms with E-state index in [-0.39, 0.29) is 11.9 Å². The highest BCUT2D eigenvalue weighted by Crippen LogP contribution is 2.30. The van der Waals surface area contributed by atoms with Gasteiger partial charge >= 0.3 is 6.03 Å². The molecule has 4 nitrogen and oxygen atoms in total. The number of carbonyl (C=O) groups is 2. The zero-order chi connectivity index (χ0) is 13.3. The molecule has 1 heterocycles. The molecule has 4 heteroatoms. The Balaban J connectivity index is 1.98. The summed E-state index contributed by atoms with van der Waals surface area (Å²) in [5, 5.41) is 2.82. The zero-order valence-corrected chi connectivity index (χ0v) is 11.7. The number of nitrogens with zero attached hydrogens (tertiary/aromatic N) is 1. The summed E-state index contributed by atoms with van der Waals surface area (Å²) in [6.07, 6.45) is 4.72. The Morgan fingerprint density at radius 2 is 1.83 bits per heavy atom. The number of imide groups is 1. The predicted octanol–water partition coefficient (Wildman–Crippen LogP) is 2.39. The number of rotatable bonds is 2. The van der Waals surface area contributed by atoms with Gasteiger partial charge < -0.3 is 5.32 Å². The van der Waals surface area contributed by atoms with Gasteiger partial charge in [0.05, 0.1) is 5.41 Å². The first-order chi connectivity index (χ1) is 8.40. The minimum Gasteiger partial charge on any atom is -0.337 e. The third kappa shape index (κ3) is 2.68. The zero-order valence-electron chi connectivity index (χ0n) is 11.7. The summed E-state index contributed by atoms with van der Waals surface area (Å²) in [7, 11) is 0. The van der Waals surface area contributed by atoms with E-state index in [0.717, 1.165) is 18.8 Å². The molecule has 2 rings (SSSR count). The van der Waals surface area contributed by atoms with E-state index in [1.54, 1.807) is 0 Å². The Morgan fingerprint density at radius 1 is 1.22 bits per heavy atom. The van der Waals surface area contributed by atoms with Crippen molar-refractivity contribution in [3.8, 4) is 0 Å². The Kier molecular flexibility index (Phi) is 3.64. The Hall–Kier alpha value is -1.06. The summed E-state index contributed by atoms with van der Waals surface area (Å²) in [5.41, 5.74) is -0.462. The summed E-state index contributed by atoms with van der Waals surface area (Å²) in [6.45, 7) is 7.11. The topological polar surface area (TPSA) is 49.4 Å². The molecular formula is C14H24N2O2. The molecule has 1 aliphatic heterocycles.